The van der Waals surface area contributed by atoms with Gasteiger partial charge in [0.2, 0.25) is 0 Å². The number of ether oxygens (including phenoxy) is 1. The summed E-state index contributed by atoms with van der Waals surface area (Å²) in [6.07, 6.45) is 2.08. The van der Waals surface area contributed by atoms with Gasteiger partial charge in [-0.2, -0.15) is 0 Å². The van der Waals surface area contributed by atoms with Crippen molar-refractivity contribution in [2.45, 2.75) is 19.8 Å². The topological polar surface area (TPSA) is 25.0 Å². The van der Waals surface area contributed by atoms with Crippen LogP contribution in [0.4, 0.5) is 0 Å². The van der Waals surface area contributed by atoms with E-state index in [1.807, 2.05) is 12.1 Å². The molecule has 0 saturated heterocycles. The van der Waals surface area contributed by atoms with Crippen LogP contribution in [0.2, 0.25) is 0 Å². The number of benzene rings is 1. The molecule has 0 aliphatic rings. The first kappa shape index (κ1) is 9.13. The Bertz CT molecular complexity index is 443. The lowest BCUT2D eigenvalue weighted by Crippen LogP contribution is -1.84. The van der Waals surface area contributed by atoms with Gasteiger partial charge < -0.3 is 9.72 Å². The van der Waals surface area contributed by atoms with Crippen LogP contribution in [0.3, 0.4) is 0 Å². The Morgan fingerprint density at radius 2 is 2.07 bits per heavy atom. The summed E-state index contributed by atoms with van der Waals surface area (Å²) in [6.45, 7) is 4.40. The van der Waals surface area contributed by atoms with Crippen molar-refractivity contribution < 1.29 is 4.74 Å². The fourth-order valence-corrected chi connectivity index (χ4v) is 1.73. The molecule has 0 bridgehead atoms. The molecule has 2 heteroatoms. The van der Waals surface area contributed by atoms with E-state index in [-0.39, 0.29) is 0 Å². The predicted molar refractivity (Wildman–Crippen MR) is 58.9 cm³/mol. The number of aromatic nitrogens is 1. The molecule has 0 atom stereocenters. The van der Waals surface area contributed by atoms with E-state index in [1.54, 1.807) is 7.11 Å². The highest BCUT2D eigenvalue weighted by atomic mass is 16.5. The standard InChI is InChI=1S/C12H15NO/c1-8(2)11-7-13-12-6-9(14-3)4-5-10(11)12/h4-8,13H,1-3H3. The molecule has 0 aliphatic heterocycles. The van der Waals surface area contributed by atoms with Gasteiger partial charge in [-0.25, -0.2) is 0 Å². The fourth-order valence-electron chi connectivity index (χ4n) is 1.73. The third kappa shape index (κ3) is 1.37. The van der Waals surface area contributed by atoms with Gasteiger partial charge in [-0.1, -0.05) is 13.8 Å². The summed E-state index contributed by atoms with van der Waals surface area (Å²) >= 11 is 0. The average Bonchev–Trinajstić information content (AvgIpc) is 2.59. The van der Waals surface area contributed by atoms with Gasteiger partial charge in [0, 0.05) is 23.2 Å². The number of H-pyrrole nitrogens is 1. The molecule has 0 amide bonds. The van der Waals surface area contributed by atoms with Crippen LogP contribution >= 0.6 is 0 Å². The van der Waals surface area contributed by atoms with E-state index in [0.29, 0.717) is 5.92 Å². The largest absolute Gasteiger partial charge is 0.497 e. The van der Waals surface area contributed by atoms with Crippen molar-refractivity contribution in [2.24, 2.45) is 0 Å². The summed E-state index contributed by atoms with van der Waals surface area (Å²) in [5.41, 5.74) is 2.51. The molecular weight excluding hydrogens is 174 g/mol. The first-order valence-corrected chi connectivity index (χ1v) is 4.87. The minimum Gasteiger partial charge on any atom is -0.497 e. The second-order valence-electron chi connectivity index (χ2n) is 3.81. The maximum Gasteiger partial charge on any atom is 0.120 e. The van der Waals surface area contributed by atoms with E-state index >= 15 is 0 Å². The zero-order valence-electron chi connectivity index (χ0n) is 8.79. The number of methoxy groups -OCH3 is 1. The average molecular weight is 189 g/mol. The minimum absolute atomic E-state index is 0.553. The van der Waals surface area contributed by atoms with Gasteiger partial charge in [0.15, 0.2) is 0 Å². The molecule has 1 heterocycles. The quantitative estimate of drug-likeness (QED) is 0.770. The summed E-state index contributed by atoms with van der Waals surface area (Å²) in [7, 11) is 1.69. The van der Waals surface area contributed by atoms with Crippen LogP contribution in [0.15, 0.2) is 24.4 Å². The number of nitrogens with one attached hydrogen (secondary N) is 1. The lowest BCUT2D eigenvalue weighted by molar-refractivity contribution is 0.415. The van der Waals surface area contributed by atoms with E-state index < -0.39 is 0 Å². The molecular formula is C12H15NO. The number of aromatic amines is 1. The first-order chi connectivity index (χ1) is 6.72. The van der Waals surface area contributed by atoms with E-state index in [4.69, 9.17) is 4.74 Å². The van der Waals surface area contributed by atoms with E-state index in [0.717, 1.165) is 11.3 Å². The van der Waals surface area contributed by atoms with Gasteiger partial charge >= 0.3 is 0 Å². The molecule has 1 aromatic carbocycles. The molecule has 2 rings (SSSR count). The van der Waals surface area contributed by atoms with Crippen LogP contribution in [0.1, 0.15) is 25.3 Å². The highest BCUT2D eigenvalue weighted by Crippen LogP contribution is 2.27. The number of hydrogen-bond donors (Lipinski definition) is 1. The molecule has 0 radical (unpaired) electrons. The highest BCUT2D eigenvalue weighted by molar-refractivity contribution is 5.84. The molecule has 0 saturated carbocycles. The normalized spacial score (nSPS) is 11.1. The Kier molecular flexibility index (Phi) is 2.20. The Balaban J connectivity index is 2.59. The van der Waals surface area contributed by atoms with Gasteiger partial charge in [-0.15, -0.1) is 0 Å². The second-order valence-corrected chi connectivity index (χ2v) is 3.81. The van der Waals surface area contributed by atoms with Crippen molar-refractivity contribution in [2.75, 3.05) is 7.11 Å². The Morgan fingerprint density at radius 1 is 1.29 bits per heavy atom. The highest BCUT2D eigenvalue weighted by Gasteiger charge is 2.07. The van der Waals surface area contributed by atoms with E-state index in [2.05, 4.69) is 31.1 Å². The van der Waals surface area contributed by atoms with Gasteiger partial charge in [-0.3, -0.25) is 0 Å². The van der Waals surface area contributed by atoms with Crippen molar-refractivity contribution >= 4 is 10.9 Å². The van der Waals surface area contributed by atoms with Crippen molar-refractivity contribution in [1.82, 2.24) is 4.98 Å². The molecule has 1 aromatic heterocycles. The second kappa shape index (κ2) is 3.37. The summed E-state index contributed by atoms with van der Waals surface area (Å²) in [5, 5.41) is 1.29. The summed E-state index contributed by atoms with van der Waals surface area (Å²) in [5.74, 6) is 1.45. The Labute approximate surface area is 83.9 Å². The van der Waals surface area contributed by atoms with Crippen molar-refractivity contribution in [3.05, 3.63) is 30.0 Å². The monoisotopic (exact) mass is 189 g/mol. The zero-order chi connectivity index (χ0) is 10.1. The molecule has 2 aromatic rings. The molecule has 1 N–H and O–H groups in total. The number of fused-ring (bicyclic) bond motifs is 1. The molecule has 0 unspecified atom stereocenters. The lowest BCUT2D eigenvalue weighted by atomic mass is 10.0. The molecule has 0 spiro atoms. The SMILES string of the molecule is COc1ccc2c(C(C)C)c[nH]c2c1. The van der Waals surface area contributed by atoms with Crippen LogP contribution in [0, 0.1) is 0 Å². The van der Waals surface area contributed by atoms with Crippen LogP contribution in [-0.4, -0.2) is 12.1 Å². The maximum absolute atomic E-state index is 5.17. The fraction of sp³-hybridized carbons (Fsp3) is 0.333. The number of rotatable bonds is 2. The molecule has 2 nitrogen and oxygen atoms in total. The van der Waals surface area contributed by atoms with E-state index in [1.165, 1.54) is 10.9 Å². The van der Waals surface area contributed by atoms with Gasteiger partial charge in [0.25, 0.3) is 0 Å². The smallest absolute Gasteiger partial charge is 0.120 e. The molecule has 74 valence electrons. The van der Waals surface area contributed by atoms with Crippen LogP contribution in [0.5, 0.6) is 5.75 Å². The summed E-state index contributed by atoms with van der Waals surface area (Å²) < 4.78 is 5.17. The summed E-state index contributed by atoms with van der Waals surface area (Å²) in [6, 6.07) is 6.14. The summed E-state index contributed by atoms with van der Waals surface area (Å²) in [4.78, 5) is 3.26. The van der Waals surface area contributed by atoms with Gasteiger partial charge in [-0.05, 0) is 23.6 Å². The third-order valence-corrected chi connectivity index (χ3v) is 2.54. The van der Waals surface area contributed by atoms with Gasteiger partial charge in [0.1, 0.15) is 5.75 Å². The third-order valence-electron chi connectivity index (χ3n) is 2.54. The molecule has 14 heavy (non-hydrogen) atoms. The van der Waals surface area contributed by atoms with Crippen molar-refractivity contribution in [3.63, 3.8) is 0 Å². The van der Waals surface area contributed by atoms with Crippen LogP contribution < -0.4 is 4.74 Å². The Morgan fingerprint density at radius 3 is 2.71 bits per heavy atom. The van der Waals surface area contributed by atoms with Crippen molar-refractivity contribution in [3.8, 4) is 5.75 Å². The zero-order valence-corrected chi connectivity index (χ0v) is 8.79. The van der Waals surface area contributed by atoms with Crippen LogP contribution in [-0.2, 0) is 0 Å². The first-order valence-electron chi connectivity index (χ1n) is 4.87. The number of hydrogen-bond acceptors (Lipinski definition) is 1. The maximum atomic E-state index is 5.17. The Hall–Kier alpha value is -1.44. The molecule has 0 fully saturated rings. The minimum atomic E-state index is 0.553. The van der Waals surface area contributed by atoms with Gasteiger partial charge in [0.05, 0.1) is 7.11 Å². The van der Waals surface area contributed by atoms with Crippen LogP contribution in [0.25, 0.3) is 10.9 Å². The van der Waals surface area contributed by atoms with E-state index in [9.17, 15) is 0 Å². The van der Waals surface area contributed by atoms with Crippen molar-refractivity contribution in [1.29, 1.82) is 0 Å². The lowest BCUT2D eigenvalue weighted by Gasteiger charge is -2.03. The predicted octanol–water partition coefficient (Wildman–Crippen LogP) is 3.30. The molecule has 0 aliphatic carbocycles.